The van der Waals surface area contributed by atoms with Crippen LogP contribution in [0.15, 0.2) is 24.3 Å². The van der Waals surface area contributed by atoms with Crippen LogP contribution in [0.2, 0.25) is 0 Å². The van der Waals surface area contributed by atoms with Gasteiger partial charge in [-0.05, 0) is 51.0 Å². The third-order valence-electron chi connectivity index (χ3n) is 7.60. The van der Waals surface area contributed by atoms with E-state index in [0.717, 1.165) is 61.4 Å². The maximum absolute atomic E-state index is 13.8. The minimum Gasteiger partial charge on any atom is -0.487 e. The molecular formula is C30H44F2N4O4. The van der Waals surface area contributed by atoms with E-state index in [-0.39, 0.29) is 50.8 Å². The second-order valence-corrected chi connectivity index (χ2v) is 10.6. The first-order chi connectivity index (χ1) is 18.2. The van der Waals surface area contributed by atoms with Gasteiger partial charge >= 0.3 is 6.09 Å². The van der Waals surface area contributed by atoms with E-state index in [1.807, 2.05) is 19.9 Å². The molecule has 2 saturated heterocycles. The van der Waals surface area contributed by atoms with Crippen molar-refractivity contribution in [2.24, 2.45) is 5.73 Å². The largest absolute Gasteiger partial charge is 0.487 e. The third kappa shape index (κ3) is 6.37. The lowest BCUT2D eigenvalue weighted by atomic mass is 10.1. The second-order valence-electron chi connectivity index (χ2n) is 10.6. The molecule has 4 aliphatic rings. The average Bonchev–Trinajstić information content (AvgIpc) is 3.67. The summed E-state index contributed by atoms with van der Waals surface area (Å²) < 4.78 is 43.2. The van der Waals surface area contributed by atoms with Crippen molar-refractivity contribution < 1.29 is 27.8 Å². The van der Waals surface area contributed by atoms with Crippen LogP contribution in [0.5, 0.6) is 11.5 Å². The zero-order chi connectivity index (χ0) is 27.0. The molecule has 4 atom stereocenters. The summed E-state index contributed by atoms with van der Waals surface area (Å²) in [5, 5.41) is 2.81. The number of carbonyl (C=O) groups excluding carboxylic acids is 1. The van der Waals surface area contributed by atoms with E-state index in [1.165, 1.54) is 19.2 Å². The number of halogens is 2. The number of benzene rings is 2. The molecule has 2 unspecified atom stereocenters. The van der Waals surface area contributed by atoms with Gasteiger partial charge < -0.3 is 35.1 Å². The first-order valence-corrected chi connectivity index (χ1v) is 13.3. The van der Waals surface area contributed by atoms with Crippen LogP contribution >= 0.6 is 0 Å². The van der Waals surface area contributed by atoms with Crippen molar-refractivity contribution >= 4 is 17.5 Å². The van der Waals surface area contributed by atoms with E-state index < -0.39 is 6.09 Å². The summed E-state index contributed by atoms with van der Waals surface area (Å²) >= 11 is 0. The van der Waals surface area contributed by atoms with E-state index in [2.05, 4.69) is 19.9 Å². The number of amides is 1. The lowest BCUT2D eigenvalue weighted by Gasteiger charge is -2.21. The molecule has 0 saturated carbocycles. The second kappa shape index (κ2) is 12.9. The normalized spacial score (nSPS) is 23.9. The SMILES string of the molecule is C.C.CC1Cc2c(N3CC[C@H](N)C3)ccc(F)c2O1.COC(=O)N[C@H]1CCN(c2ccc(F)c3c2CC(C)O3)C1. The van der Waals surface area contributed by atoms with Crippen molar-refractivity contribution in [2.45, 2.75) is 78.7 Å². The van der Waals surface area contributed by atoms with Crippen LogP contribution in [-0.2, 0) is 17.6 Å². The van der Waals surface area contributed by atoms with E-state index in [9.17, 15) is 13.6 Å². The highest BCUT2D eigenvalue weighted by molar-refractivity contribution is 5.68. The predicted octanol–water partition coefficient (Wildman–Crippen LogP) is 5.04. The van der Waals surface area contributed by atoms with Crippen LogP contribution in [0.4, 0.5) is 25.0 Å². The Hall–Kier alpha value is -3.27. The minimum atomic E-state index is -0.414. The molecule has 0 bridgehead atoms. The summed E-state index contributed by atoms with van der Waals surface area (Å²) in [6.07, 6.45) is 3.00. The van der Waals surface area contributed by atoms with Crippen LogP contribution in [0.25, 0.3) is 0 Å². The fourth-order valence-corrected chi connectivity index (χ4v) is 5.81. The molecule has 4 aliphatic heterocycles. The molecule has 6 rings (SSSR count). The molecular weight excluding hydrogens is 518 g/mol. The number of hydrogen-bond donors (Lipinski definition) is 2. The number of hydrogen-bond acceptors (Lipinski definition) is 7. The molecule has 222 valence electrons. The molecule has 0 aromatic heterocycles. The third-order valence-corrected chi connectivity index (χ3v) is 7.60. The van der Waals surface area contributed by atoms with E-state index in [1.54, 1.807) is 6.07 Å². The Balaban J connectivity index is 0.000000214. The zero-order valence-corrected chi connectivity index (χ0v) is 22.1. The number of ether oxygens (including phenoxy) is 3. The highest BCUT2D eigenvalue weighted by Crippen LogP contribution is 2.40. The molecule has 8 nitrogen and oxygen atoms in total. The summed E-state index contributed by atoms with van der Waals surface area (Å²) in [6, 6.07) is 6.89. The van der Waals surface area contributed by atoms with Crippen LogP contribution in [0.3, 0.4) is 0 Å². The maximum Gasteiger partial charge on any atom is 0.407 e. The van der Waals surface area contributed by atoms with Crippen molar-refractivity contribution in [2.75, 3.05) is 43.1 Å². The quantitative estimate of drug-likeness (QED) is 0.542. The van der Waals surface area contributed by atoms with Gasteiger partial charge in [-0.2, -0.15) is 0 Å². The number of rotatable bonds is 3. The Morgan fingerprint density at radius 1 is 0.900 bits per heavy atom. The van der Waals surface area contributed by atoms with Gasteiger partial charge in [-0.15, -0.1) is 0 Å². The first-order valence-electron chi connectivity index (χ1n) is 13.3. The number of anilines is 2. The van der Waals surface area contributed by atoms with Gasteiger partial charge in [-0.3, -0.25) is 0 Å². The van der Waals surface area contributed by atoms with Gasteiger partial charge in [0.15, 0.2) is 23.1 Å². The summed E-state index contributed by atoms with van der Waals surface area (Å²) in [4.78, 5) is 15.7. The van der Waals surface area contributed by atoms with Gasteiger partial charge in [0.05, 0.1) is 13.2 Å². The van der Waals surface area contributed by atoms with Crippen molar-refractivity contribution in [3.8, 4) is 11.5 Å². The summed E-state index contributed by atoms with van der Waals surface area (Å²) in [7, 11) is 1.35. The van der Waals surface area contributed by atoms with Gasteiger partial charge in [-0.25, -0.2) is 13.6 Å². The highest BCUT2D eigenvalue weighted by Gasteiger charge is 2.32. The highest BCUT2D eigenvalue weighted by atomic mass is 19.1. The lowest BCUT2D eigenvalue weighted by Crippen LogP contribution is -2.37. The number of nitrogens with two attached hydrogens (primary N) is 1. The molecule has 0 spiro atoms. The Labute approximate surface area is 236 Å². The van der Waals surface area contributed by atoms with Crippen LogP contribution < -0.4 is 30.3 Å². The molecule has 1 amide bonds. The molecule has 2 aromatic carbocycles. The van der Waals surface area contributed by atoms with Gasteiger partial charge in [-0.1, -0.05) is 14.9 Å². The van der Waals surface area contributed by atoms with Gasteiger partial charge in [0.2, 0.25) is 0 Å². The van der Waals surface area contributed by atoms with E-state index >= 15 is 0 Å². The zero-order valence-electron chi connectivity index (χ0n) is 22.1. The summed E-state index contributed by atoms with van der Waals surface area (Å²) in [6.45, 7) is 7.23. The summed E-state index contributed by atoms with van der Waals surface area (Å²) in [5.41, 5.74) is 9.96. The van der Waals surface area contributed by atoms with Crippen LogP contribution in [-0.4, -0.2) is 63.7 Å². The van der Waals surface area contributed by atoms with Crippen LogP contribution in [0, 0.1) is 11.6 Å². The summed E-state index contributed by atoms with van der Waals surface area (Å²) in [5.74, 6) is 0.262. The predicted molar refractivity (Wildman–Crippen MR) is 155 cm³/mol. The number of nitrogens with zero attached hydrogens (tertiary/aromatic N) is 2. The van der Waals surface area contributed by atoms with Gasteiger partial charge in [0.25, 0.3) is 0 Å². The van der Waals surface area contributed by atoms with Crippen molar-refractivity contribution in [1.82, 2.24) is 5.32 Å². The molecule has 3 N–H and O–H groups in total. The average molecular weight is 563 g/mol. The molecule has 2 aromatic rings. The van der Waals surface area contributed by atoms with Crippen LogP contribution in [0.1, 0.15) is 52.7 Å². The standard InChI is InChI=1S/C15H19FN2O3.C13H17FN2O.2CH4/c1-9-7-11-13(4-3-12(16)14(11)21-9)18-6-5-10(8-18)17-15(19)20-2;1-8-6-10-12(16-5-4-9(15)7-16)3-2-11(14)13(10)17-8;;/h3-4,9-10H,5-8H2,1-2H3,(H,17,19);2-3,8-9H,4-7,15H2,1H3;2*1H4/t9?,10-;8?,9-;;/m00../s1. The Morgan fingerprint density at radius 2 is 1.40 bits per heavy atom. The molecule has 0 radical (unpaired) electrons. The van der Waals surface area contributed by atoms with Crippen molar-refractivity contribution in [3.63, 3.8) is 0 Å². The van der Waals surface area contributed by atoms with Gasteiger partial charge in [0, 0.05) is 67.6 Å². The minimum absolute atomic E-state index is 0. The number of methoxy groups -OCH3 is 1. The number of nitrogens with one attached hydrogen (secondary N) is 1. The number of carbonyl (C=O) groups is 1. The maximum atomic E-state index is 13.8. The monoisotopic (exact) mass is 562 g/mol. The number of alkyl carbamates (subject to hydrolysis) is 1. The topological polar surface area (TPSA) is 89.3 Å². The van der Waals surface area contributed by atoms with E-state index in [0.29, 0.717) is 24.5 Å². The lowest BCUT2D eigenvalue weighted by molar-refractivity contribution is 0.167. The van der Waals surface area contributed by atoms with Crippen molar-refractivity contribution in [3.05, 3.63) is 47.0 Å². The molecule has 10 heteroatoms. The molecule has 0 aliphatic carbocycles. The van der Waals surface area contributed by atoms with E-state index in [4.69, 9.17) is 15.2 Å². The smallest absolute Gasteiger partial charge is 0.407 e. The fourth-order valence-electron chi connectivity index (χ4n) is 5.81. The fraction of sp³-hybridized carbons (Fsp3) is 0.567. The number of fused-ring (bicyclic) bond motifs is 2. The first kappa shape index (κ1) is 31.3. The Bertz CT molecular complexity index is 1200. The Morgan fingerprint density at radius 3 is 1.88 bits per heavy atom. The molecule has 4 heterocycles. The molecule has 40 heavy (non-hydrogen) atoms. The molecule has 2 fully saturated rings. The van der Waals surface area contributed by atoms with Gasteiger partial charge in [0.1, 0.15) is 12.2 Å². The Kier molecular flexibility index (Phi) is 10.1. The van der Waals surface area contributed by atoms with Crippen molar-refractivity contribution in [1.29, 1.82) is 0 Å².